The van der Waals surface area contributed by atoms with Gasteiger partial charge in [0.2, 0.25) is 0 Å². The van der Waals surface area contributed by atoms with Gasteiger partial charge < -0.3 is 4.57 Å². The molecule has 56 heavy (non-hydrogen) atoms. The van der Waals surface area contributed by atoms with Crippen LogP contribution in [-0.4, -0.2) is 29.5 Å². The van der Waals surface area contributed by atoms with Crippen LogP contribution < -0.4 is 0 Å². The van der Waals surface area contributed by atoms with Gasteiger partial charge in [0.1, 0.15) is 0 Å². The first-order valence-electron chi connectivity index (χ1n) is 19.0. The van der Waals surface area contributed by atoms with Gasteiger partial charge in [0.05, 0.1) is 17.6 Å². The van der Waals surface area contributed by atoms with E-state index in [0.717, 1.165) is 28.8 Å². The zero-order chi connectivity index (χ0) is 38.0. The van der Waals surface area contributed by atoms with Crippen LogP contribution >= 0.6 is 11.8 Å². The van der Waals surface area contributed by atoms with Gasteiger partial charge in [0.15, 0.2) is 11.7 Å². The number of fused-ring (bicyclic) bond motifs is 10. The van der Waals surface area contributed by atoms with Gasteiger partial charge in [-0.05, 0) is 94.4 Å². The average molecular weight is 741 g/mol. The smallest absolute Gasteiger partial charge is 0.161 e. The average Bonchev–Trinajstić information content (AvgIpc) is 3.81. The zero-order valence-electron chi connectivity index (χ0n) is 31.3. The summed E-state index contributed by atoms with van der Waals surface area (Å²) in [6, 6.07) is 45.2. The second-order valence-corrected chi connectivity index (χ2v) is 15.0. The Morgan fingerprint density at radius 2 is 1.54 bits per heavy atom. The molecule has 9 rings (SSSR count). The summed E-state index contributed by atoms with van der Waals surface area (Å²) < 4.78 is 2.49. The molecule has 1 atom stereocenters. The summed E-state index contributed by atoms with van der Waals surface area (Å²) >= 11 is 1.94. The fraction of sp³-hybridized carbons (Fsp3) is 0.0784. The largest absolute Gasteiger partial charge is 0.309 e. The van der Waals surface area contributed by atoms with E-state index in [4.69, 9.17) is 9.98 Å². The van der Waals surface area contributed by atoms with Crippen LogP contribution in [0.5, 0.6) is 0 Å². The Bertz CT molecular complexity index is 2850. The molecular weight excluding hydrogens is 701 g/mol. The highest BCUT2D eigenvalue weighted by molar-refractivity contribution is 8.03. The second kappa shape index (κ2) is 15.3. The highest BCUT2D eigenvalue weighted by atomic mass is 32.2. The van der Waals surface area contributed by atoms with Crippen LogP contribution in [0.3, 0.4) is 0 Å². The van der Waals surface area contributed by atoms with Crippen LogP contribution in [0.1, 0.15) is 36.0 Å². The van der Waals surface area contributed by atoms with E-state index < -0.39 is 0 Å². The summed E-state index contributed by atoms with van der Waals surface area (Å²) in [5.74, 6) is 1.43. The number of aromatic nitrogens is 1. The van der Waals surface area contributed by atoms with Crippen molar-refractivity contribution in [2.75, 3.05) is 6.54 Å². The SMILES string of the molecule is C=C/C=C(\C=C/C)CN=C(N=C(N=C)c1ccc(-n2c3ccc(-c4ccccc4)cc3c3c4ccccc4c4c(c32)C2CC=CC=C2S4)cc1)c1ccccc1. The lowest BCUT2D eigenvalue weighted by atomic mass is 9.88. The molecule has 1 aliphatic carbocycles. The van der Waals surface area contributed by atoms with Crippen molar-refractivity contribution in [3.8, 4) is 16.8 Å². The quantitative estimate of drug-likeness (QED) is 0.0869. The van der Waals surface area contributed by atoms with Gasteiger partial charge >= 0.3 is 0 Å². The maximum atomic E-state index is 5.02. The van der Waals surface area contributed by atoms with E-state index >= 15 is 0 Å². The summed E-state index contributed by atoms with van der Waals surface area (Å²) in [6.45, 7) is 10.3. The van der Waals surface area contributed by atoms with Crippen molar-refractivity contribution in [1.82, 2.24) is 4.57 Å². The second-order valence-electron chi connectivity index (χ2n) is 14.0. The first-order valence-corrected chi connectivity index (χ1v) is 19.8. The Labute approximate surface area is 332 Å². The monoisotopic (exact) mass is 740 g/mol. The highest BCUT2D eigenvalue weighted by Crippen LogP contribution is 2.58. The van der Waals surface area contributed by atoms with Crippen molar-refractivity contribution in [3.63, 3.8) is 0 Å². The predicted molar refractivity (Wildman–Crippen MR) is 241 cm³/mol. The lowest BCUT2D eigenvalue weighted by Crippen LogP contribution is -2.07. The molecule has 4 nitrogen and oxygen atoms in total. The van der Waals surface area contributed by atoms with Crippen molar-refractivity contribution in [1.29, 1.82) is 0 Å². The van der Waals surface area contributed by atoms with Gasteiger partial charge in [-0.2, -0.15) is 0 Å². The van der Waals surface area contributed by atoms with Crippen molar-refractivity contribution < 1.29 is 0 Å². The molecule has 0 amide bonds. The normalized spacial score (nSPS) is 15.8. The third-order valence-corrected chi connectivity index (χ3v) is 11.9. The maximum absolute atomic E-state index is 5.02. The lowest BCUT2D eigenvalue weighted by molar-refractivity contribution is 0.843. The van der Waals surface area contributed by atoms with Crippen molar-refractivity contribution in [2.45, 2.75) is 24.2 Å². The van der Waals surface area contributed by atoms with Crippen LogP contribution in [0.4, 0.5) is 0 Å². The van der Waals surface area contributed by atoms with Crippen LogP contribution in [0.25, 0.3) is 49.4 Å². The molecule has 2 aliphatic rings. The Morgan fingerprint density at radius 1 is 0.804 bits per heavy atom. The molecule has 0 N–H and O–H groups in total. The molecule has 0 radical (unpaired) electrons. The number of hydrogen-bond acceptors (Lipinski definition) is 2. The number of aliphatic imine (C=N–C) groups is 3. The van der Waals surface area contributed by atoms with Gasteiger partial charge in [-0.1, -0.05) is 152 Å². The Morgan fingerprint density at radius 3 is 2.29 bits per heavy atom. The summed E-state index contributed by atoms with van der Waals surface area (Å²) in [5.41, 5.74) is 10.2. The topological polar surface area (TPSA) is 42.0 Å². The van der Waals surface area contributed by atoms with Gasteiger partial charge in [0.25, 0.3) is 0 Å². The number of rotatable bonds is 8. The Balaban J connectivity index is 1.23. The molecule has 7 aromatic rings. The first-order chi connectivity index (χ1) is 27.7. The van der Waals surface area contributed by atoms with Crippen LogP contribution in [0.15, 0.2) is 207 Å². The third-order valence-electron chi connectivity index (χ3n) is 10.6. The summed E-state index contributed by atoms with van der Waals surface area (Å²) in [5, 5.41) is 5.15. The molecule has 0 bridgehead atoms. The number of thioether (sulfide) groups is 1. The van der Waals surface area contributed by atoms with Crippen LogP contribution in [0.2, 0.25) is 0 Å². The van der Waals surface area contributed by atoms with Crippen LogP contribution in [0, 0.1) is 0 Å². The molecule has 0 saturated heterocycles. The van der Waals surface area contributed by atoms with E-state index in [1.165, 1.54) is 59.1 Å². The fourth-order valence-electron chi connectivity index (χ4n) is 8.10. The first kappa shape index (κ1) is 35.2. The third kappa shape index (κ3) is 6.30. The maximum Gasteiger partial charge on any atom is 0.161 e. The van der Waals surface area contributed by atoms with Crippen LogP contribution in [-0.2, 0) is 0 Å². The van der Waals surface area contributed by atoms with Crippen molar-refractivity contribution in [2.24, 2.45) is 15.0 Å². The minimum absolute atomic E-state index is 0.317. The van der Waals surface area contributed by atoms with E-state index in [1.54, 1.807) is 6.08 Å². The minimum atomic E-state index is 0.317. The summed E-state index contributed by atoms with van der Waals surface area (Å²) in [6.07, 6.45) is 15.6. The van der Waals surface area contributed by atoms with Crippen molar-refractivity contribution >= 4 is 62.7 Å². The molecule has 1 aromatic heterocycles. The standard InChI is InChI=1S/C51H40N4S/c1-4-16-34(17-5-2)33-53-51(36-20-10-7-11-21-36)54-50(52-3)37-26-29-39(30-27-37)55-44-31-28-38(35-18-8-6-9-19-35)32-43(44)46-40-22-12-13-23-41(40)49-47(48(46)55)42-24-14-15-25-45(42)56-49/h4-23,25-32,42H,1,3,24,33H2,2H3/b17-5-,34-16+,53-51?,54-50?. The summed E-state index contributed by atoms with van der Waals surface area (Å²) in [4.78, 5) is 17.2. The number of allylic oxidation sites excluding steroid dienone is 7. The molecule has 6 aromatic carbocycles. The van der Waals surface area contributed by atoms with Crippen molar-refractivity contribution in [3.05, 3.63) is 204 Å². The molecule has 1 unspecified atom stereocenters. The minimum Gasteiger partial charge on any atom is -0.309 e. The molecule has 5 heteroatoms. The van der Waals surface area contributed by atoms with Gasteiger partial charge in [0, 0.05) is 38.4 Å². The Hall–Kier alpha value is -6.56. The molecule has 0 spiro atoms. The Kier molecular flexibility index (Phi) is 9.60. The van der Waals surface area contributed by atoms with E-state index in [-0.39, 0.29) is 0 Å². The van der Waals surface area contributed by atoms with Gasteiger partial charge in [-0.25, -0.2) is 9.98 Å². The van der Waals surface area contributed by atoms with E-state index in [2.05, 4.69) is 138 Å². The molecule has 270 valence electrons. The number of nitrogens with zero attached hydrogens (tertiary/aromatic N) is 4. The van der Waals surface area contributed by atoms with E-state index in [0.29, 0.717) is 24.1 Å². The zero-order valence-corrected chi connectivity index (χ0v) is 32.1. The van der Waals surface area contributed by atoms with Gasteiger partial charge in [-0.15, -0.1) is 0 Å². The van der Waals surface area contributed by atoms with E-state index in [9.17, 15) is 0 Å². The number of hydrogen-bond donors (Lipinski definition) is 0. The molecule has 2 heterocycles. The van der Waals surface area contributed by atoms with E-state index in [1.807, 2.05) is 67.2 Å². The van der Waals surface area contributed by atoms with Gasteiger partial charge in [-0.3, -0.25) is 4.99 Å². The highest BCUT2D eigenvalue weighted by Gasteiger charge is 2.35. The molecular formula is C51H40N4S. The molecule has 0 saturated carbocycles. The predicted octanol–water partition coefficient (Wildman–Crippen LogP) is 13.2. The fourth-order valence-corrected chi connectivity index (χ4v) is 9.47. The summed E-state index contributed by atoms with van der Waals surface area (Å²) in [7, 11) is 0. The lowest BCUT2D eigenvalue weighted by Gasteiger charge is -2.18. The molecule has 1 aliphatic heterocycles. The number of benzene rings is 6. The number of amidine groups is 2. The molecule has 0 fully saturated rings.